The van der Waals surface area contributed by atoms with Crippen LogP contribution in [0.3, 0.4) is 0 Å². The Labute approximate surface area is 244 Å². The molecule has 2 fully saturated rings. The van der Waals surface area contributed by atoms with E-state index in [1.807, 2.05) is 19.1 Å². The number of aliphatic carboxylic acids is 2. The summed E-state index contributed by atoms with van der Waals surface area (Å²) in [5.41, 5.74) is 11.4. The lowest BCUT2D eigenvalue weighted by atomic mass is 9.86. The smallest absolute Gasteiger partial charge is 0.307 e. The molecule has 3 atom stereocenters. The number of fused-ring (bicyclic) bond motifs is 9. The molecule has 42 heavy (non-hydrogen) atoms. The number of aromatic amines is 3. The van der Waals surface area contributed by atoms with E-state index in [9.17, 15) is 19.8 Å². The van der Waals surface area contributed by atoms with Crippen LogP contribution in [0.2, 0.25) is 0 Å². The summed E-state index contributed by atoms with van der Waals surface area (Å²) < 4.78 is 0. The van der Waals surface area contributed by atoms with Crippen molar-refractivity contribution in [1.29, 1.82) is 0 Å². The summed E-state index contributed by atoms with van der Waals surface area (Å²) in [5.74, 6) is -2.17. The van der Waals surface area contributed by atoms with Gasteiger partial charge in [-0.1, -0.05) is 26.5 Å². The zero-order chi connectivity index (χ0) is 30.1. The number of hydrogen-bond donors (Lipinski definition) is 6. The molecule has 5 heterocycles. The van der Waals surface area contributed by atoms with E-state index in [1.54, 1.807) is 0 Å². The van der Waals surface area contributed by atoms with E-state index in [4.69, 9.17) is 0 Å². The van der Waals surface area contributed by atoms with Gasteiger partial charge >= 0.3 is 11.9 Å². The molecule has 6 rings (SSSR count). The Morgan fingerprint density at radius 2 is 1.57 bits per heavy atom. The molecule has 3 aliphatic rings. The first-order valence-corrected chi connectivity index (χ1v) is 14.6. The Bertz CT molecular complexity index is 1860. The second kappa shape index (κ2) is 9.82. The molecule has 8 heteroatoms. The molecular weight excluding hydrogens is 528 g/mol. The van der Waals surface area contributed by atoms with Gasteiger partial charge in [0.1, 0.15) is 0 Å². The third-order valence-corrected chi connectivity index (χ3v) is 9.90. The van der Waals surface area contributed by atoms with Gasteiger partial charge < -0.3 is 30.5 Å². The Balaban J connectivity index is 1.67. The van der Waals surface area contributed by atoms with Crippen LogP contribution in [0, 0.1) is 38.0 Å². The maximum absolute atomic E-state index is 12.3. The highest BCUT2D eigenvalue weighted by molar-refractivity contribution is 5.80. The van der Waals surface area contributed by atoms with Gasteiger partial charge in [-0.25, -0.2) is 0 Å². The molecule has 2 aliphatic heterocycles. The summed E-state index contributed by atoms with van der Waals surface area (Å²) in [5, 5.41) is 25.1. The fourth-order valence-electron chi connectivity index (χ4n) is 7.25. The number of carboxylic acids is 2. The van der Waals surface area contributed by atoms with Crippen molar-refractivity contribution in [1.82, 2.24) is 20.3 Å². The minimum atomic E-state index is -0.858. The van der Waals surface area contributed by atoms with Gasteiger partial charge in [-0.05, 0) is 92.2 Å². The van der Waals surface area contributed by atoms with Crippen molar-refractivity contribution in [3.8, 4) is 0 Å². The van der Waals surface area contributed by atoms with Crippen LogP contribution >= 0.6 is 0 Å². The van der Waals surface area contributed by atoms with Crippen LogP contribution < -0.4 is 16.0 Å². The summed E-state index contributed by atoms with van der Waals surface area (Å²) >= 11 is 0. The van der Waals surface area contributed by atoms with Gasteiger partial charge in [0.05, 0.1) is 5.92 Å². The van der Waals surface area contributed by atoms with Crippen molar-refractivity contribution in [2.45, 2.75) is 60.3 Å². The monoisotopic (exact) mass is 566 g/mol. The number of hydrogen-bond acceptors (Lipinski definition) is 3. The molecule has 8 bridgehead atoms. The molecule has 0 amide bonds. The van der Waals surface area contributed by atoms with E-state index in [1.165, 1.54) is 11.1 Å². The van der Waals surface area contributed by atoms with Gasteiger partial charge in [-0.2, -0.15) is 0 Å². The molecule has 1 spiro atoms. The highest BCUT2D eigenvalue weighted by Crippen LogP contribution is 2.67. The van der Waals surface area contributed by atoms with Gasteiger partial charge in [0.25, 0.3) is 0 Å². The Hall–Kier alpha value is -4.46. The van der Waals surface area contributed by atoms with Crippen molar-refractivity contribution < 1.29 is 19.8 Å². The standard InChI is InChI=1S/C34H38N4O4/c1-7-20-16(3)24-11-25-18(5)22(9-10-32(39)40)30(37-25)14-31-34(15-23(34)33(41)42)19(6)27(38-31)13-29-21(8-2)17(4)26(36-29)12-28(20)35-24/h7,11-14,19,23,35-38H,1,8-10,15H2,2-6H3,(H,39,40)(H,41,42)/b24-11?,27-13-,28-12+,31-14-. The fourth-order valence-corrected chi connectivity index (χ4v) is 7.25. The average Bonchev–Trinajstić information content (AvgIpc) is 3.32. The van der Waals surface area contributed by atoms with Crippen LogP contribution in [-0.4, -0.2) is 37.1 Å². The number of aromatic nitrogens is 3. The lowest BCUT2D eigenvalue weighted by Crippen LogP contribution is -2.16. The van der Waals surface area contributed by atoms with E-state index in [0.29, 0.717) is 12.8 Å². The van der Waals surface area contributed by atoms with E-state index in [2.05, 4.69) is 72.8 Å². The van der Waals surface area contributed by atoms with Crippen LogP contribution in [0.5, 0.6) is 0 Å². The van der Waals surface area contributed by atoms with Crippen molar-refractivity contribution in [3.63, 3.8) is 0 Å². The topological polar surface area (TPSA) is 134 Å². The third-order valence-electron chi connectivity index (χ3n) is 9.90. The number of carboxylic acid groups (broad SMARTS) is 2. The van der Waals surface area contributed by atoms with Crippen LogP contribution in [-0.2, 0) is 22.4 Å². The van der Waals surface area contributed by atoms with E-state index >= 15 is 0 Å². The largest absolute Gasteiger partial charge is 0.481 e. The highest BCUT2D eigenvalue weighted by atomic mass is 16.4. The quantitative estimate of drug-likeness (QED) is 0.261. The summed E-state index contributed by atoms with van der Waals surface area (Å²) in [4.78, 5) is 34.7. The predicted octanol–water partition coefficient (Wildman–Crippen LogP) is 4.50. The third kappa shape index (κ3) is 4.11. The van der Waals surface area contributed by atoms with Crippen LogP contribution in [0.25, 0.3) is 30.4 Å². The van der Waals surface area contributed by atoms with Crippen molar-refractivity contribution in [2.24, 2.45) is 17.3 Å². The molecular formula is C34H38N4O4. The van der Waals surface area contributed by atoms with E-state index in [-0.39, 0.29) is 12.3 Å². The van der Waals surface area contributed by atoms with Crippen LogP contribution in [0.1, 0.15) is 82.8 Å². The van der Waals surface area contributed by atoms with Gasteiger partial charge in [0.15, 0.2) is 0 Å². The molecule has 0 radical (unpaired) electrons. The lowest BCUT2D eigenvalue weighted by molar-refractivity contribution is -0.139. The highest BCUT2D eigenvalue weighted by Gasteiger charge is 2.67. The first-order chi connectivity index (χ1) is 20.0. The summed E-state index contributed by atoms with van der Waals surface area (Å²) in [6, 6.07) is 0. The van der Waals surface area contributed by atoms with Crippen molar-refractivity contribution in [3.05, 3.63) is 84.8 Å². The number of rotatable bonds is 6. The summed E-state index contributed by atoms with van der Waals surface area (Å²) in [7, 11) is 0. The molecule has 1 saturated heterocycles. The Morgan fingerprint density at radius 3 is 2.17 bits per heavy atom. The second-order valence-corrected chi connectivity index (χ2v) is 12.0. The number of H-pyrrole nitrogens is 3. The number of nitrogens with one attached hydrogen (secondary N) is 4. The lowest BCUT2D eigenvalue weighted by Gasteiger charge is -2.15. The zero-order valence-electron chi connectivity index (χ0n) is 24.8. The molecule has 3 unspecified atom stereocenters. The minimum absolute atomic E-state index is 0.00150. The van der Waals surface area contributed by atoms with E-state index < -0.39 is 23.3 Å². The molecule has 218 valence electrons. The number of carbonyl (C=O) groups is 2. The summed E-state index contributed by atoms with van der Waals surface area (Å²) in [6.45, 7) is 14.5. The number of allylic oxidation sites excluding steroid dienone is 2. The first-order valence-electron chi connectivity index (χ1n) is 14.6. The average molecular weight is 567 g/mol. The zero-order valence-corrected chi connectivity index (χ0v) is 24.8. The molecule has 0 aromatic carbocycles. The fraction of sp³-hybridized carbons (Fsp3) is 0.353. The Morgan fingerprint density at radius 1 is 0.929 bits per heavy atom. The van der Waals surface area contributed by atoms with Crippen LogP contribution in [0.4, 0.5) is 0 Å². The second-order valence-electron chi connectivity index (χ2n) is 12.0. The first kappa shape index (κ1) is 27.7. The normalized spacial score (nSPS) is 25.4. The maximum atomic E-state index is 12.3. The van der Waals surface area contributed by atoms with Crippen molar-refractivity contribution in [2.75, 3.05) is 0 Å². The van der Waals surface area contributed by atoms with Gasteiger partial charge in [-0.3, -0.25) is 9.59 Å². The van der Waals surface area contributed by atoms with Gasteiger partial charge in [0, 0.05) is 68.2 Å². The maximum Gasteiger partial charge on any atom is 0.307 e. The molecule has 3 aromatic rings. The summed E-state index contributed by atoms with van der Waals surface area (Å²) in [6.07, 6.45) is 12.0. The van der Waals surface area contributed by atoms with Crippen molar-refractivity contribution >= 4 is 42.3 Å². The van der Waals surface area contributed by atoms with Gasteiger partial charge in [0.2, 0.25) is 0 Å². The molecule has 6 N–H and O–H groups in total. The van der Waals surface area contributed by atoms with Crippen LogP contribution in [0.15, 0.2) is 18.0 Å². The molecule has 3 aromatic heterocycles. The molecule has 1 saturated carbocycles. The molecule has 1 aliphatic carbocycles. The Kier molecular flexibility index (Phi) is 6.48. The minimum Gasteiger partial charge on any atom is -0.481 e. The van der Waals surface area contributed by atoms with Gasteiger partial charge in [-0.15, -0.1) is 0 Å². The molecule has 8 nitrogen and oxygen atoms in total. The van der Waals surface area contributed by atoms with E-state index in [0.717, 1.165) is 73.5 Å². The SMILES string of the molecule is C=Cc1c(C)c2[nH]/c1=C/c1[nH]c(c(CC)c1C)/C=C1\N/C(=C\c3[nH]c(c(C)c3CCC(=O)O)C=2)C2(CC2C(=O)O)C1C. The predicted molar refractivity (Wildman–Crippen MR) is 165 cm³/mol.